The molecule has 0 radical (unpaired) electrons. The fourth-order valence-electron chi connectivity index (χ4n) is 1.68. The second-order valence-corrected chi connectivity index (χ2v) is 4.69. The molecule has 0 aliphatic carbocycles. The van der Waals surface area contributed by atoms with Gasteiger partial charge in [-0.3, -0.25) is 4.98 Å². The molecule has 4 nitrogen and oxygen atoms in total. The van der Waals surface area contributed by atoms with Gasteiger partial charge in [-0.1, -0.05) is 0 Å². The van der Waals surface area contributed by atoms with Gasteiger partial charge in [-0.15, -0.1) is 0 Å². The van der Waals surface area contributed by atoms with Crippen molar-refractivity contribution in [1.82, 2.24) is 14.8 Å². The topological polar surface area (TPSA) is 28.6 Å². The molecule has 4 heteroatoms. The number of rotatable bonds is 6. The highest BCUT2D eigenvalue weighted by Gasteiger charge is 2.05. The fourth-order valence-corrected chi connectivity index (χ4v) is 1.68. The molecule has 1 aromatic rings. The zero-order chi connectivity index (χ0) is 12.8. The van der Waals surface area contributed by atoms with E-state index < -0.39 is 0 Å². The standard InChI is InChI=1S/C13H23N3O/c1-6-17-13-7-11(9-15(2)3)14-12(8-13)10-16(4)5/h7-8H,6,9-10H2,1-5H3. The lowest BCUT2D eigenvalue weighted by atomic mass is 10.2. The molecule has 0 amide bonds. The van der Waals surface area contributed by atoms with E-state index >= 15 is 0 Å². The van der Waals surface area contributed by atoms with Crippen LogP contribution in [0.5, 0.6) is 5.75 Å². The Kier molecular flexibility index (Phi) is 5.38. The first-order valence-corrected chi connectivity index (χ1v) is 5.93. The van der Waals surface area contributed by atoms with E-state index in [2.05, 4.69) is 14.8 Å². The molecule has 0 bridgehead atoms. The van der Waals surface area contributed by atoms with Crippen LogP contribution in [-0.2, 0) is 13.1 Å². The highest BCUT2D eigenvalue weighted by molar-refractivity contribution is 5.27. The predicted molar refractivity (Wildman–Crippen MR) is 70.2 cm³/mol. The van der Waals surface area contributed by atoms with Crippen molar-refractivity contribution in [3.8, 4) is 5.75 Å². The normalized spacial score (nSPS) is 11.2. The van der Waals surface area contributed by atoms with Crippen molar-refractivity contribution in [3.05, 3.63) is 23.5 Å². The van der Waals surface area contributed by atoms with Gasteiger partial charge in [-0.25, -0.2) is 0 Å². The smallest absolute Gasteiger partial charge is 0.123 e. The number of pyridine rings is 1. The molecule has 17 heavy (non-hydrogen) atoms. The van der Waals surface area contributed by atoms with Gasteiger partial charge in [0.15, 0.2) is 0 Å². The minimum absolute atomic E-state index is 0.687. The second-order valence-electron chi connectivity index (χ2n) is 4.69. The zero-order valence-corrected chi connectivity index (χ0v) is 11.5. The van der Waals surface area contributed by atoms with Crippen molar-refractivity contribution in [1.29, 1.82) is 0 Å². The summed E-state index contributed by atoms with van der Waals surface area (Å²) in [6, 6.07) is 4.03. The van der Waals surface area contributed by atoms with Crippen molar-refractivity contribution < 1.29 is 4.74 Å². The van der Waals surface area contributed by atoms with Crippen LogP contribution in [0.3, 0.4) is 0 Å². The lowest BCUT2D eigenvalue weighted by Gasteiger charge is -2.14. The Morgan fingerprint density at radius 3 is 1.82 bits per heavy atom. The molecule has 0 aliphatic rings. The first-order valence-electron chi connectivity index (χ1n) is 5.93. The first kappa shape index (κ1) is 13.9. The van der Waals surface area contributed by atoms with Crippen LogP contribution >= 0.6 is 0 Å². The highest BCUT2D eigenvalue weighted by Crippen LogP contribution is 2.16. The maximum atomic E-state index is 5.57. The SMILES string of the molecule is CCOc1cc(CN(C)C)nc(CN(C)C)c1. The van der Waals surface area contributed by atoms with E-state index in [4.69, 9.17) is 4.74 Å². The Hall–Kier alpha value is -1.13. The maximum absolute atomic E-state index is 5.57. The summed E-state index contributed by atoms with van der Waals surface area (Å²) in [6.07, 6.45) is 0. The number of hydrogen-bond donors (Lipinski definition) is 0. The third-order valence-electron chi connectivity index (χ3n) is 2.17. The van der Waals surface area contributed by atoms with Crippen LogP contribution in [-0.4, -0.2) is 49.6 Å². The average Bonchev–Trinajstić information content (AvgIpc) is 2.14. The Morgan fingerprint density at radius 1 is 1.00 bits per heavy atom. The van der Waals surface area contributed by atoms with Gasteiger partial charge in [0.2, 0.25) is 0 Å². The van der Waals surface area contributed by atoms with Crippen LogP contribution in [0.25, 0.3) is 0 Å². The predicted octanol–water partition coefficient (Wildman–Crippen LogP) is 1.60. The molecule has 0 unspecified atom stereocenters. The van der Waals surface area contributed by atoms with Crippen LogP contribution in [0.1, 0.15) is 18.3 Å². The van der Waals surface area contributed by atoms with E-state index in [1.54, 1.807) is 0 Å². The minimum atomic E-state index is 0.687. The summed E-state index contributed by atoms with van der Waals surface area (Å²) in [4.78, 5) is 8.85. The summed E-state index contributed by atoms with van der Waals surface area (Å²) in [7, 11) is 8.17. The van der Waals surface area contributed by atoms with Gasteiger partial charge in [0.1, 0.15) is 5.75 Å². The quantitative estimate of drug-likeness (QED) is 0.751. The average molecular weight is 237 g/mol. The summed E-state index contributed by atoms with van der Waals surface area (Å²) in [5, 5.41) is 0. The van der Waals surface area contributed by atoms with Crippen LogP contribution in [0.2, 0.25) is 0 Å². The van der Waals surface area contributed by atoms with Gasteiger partial charge in [0.05, 0.1) is 18.0 Å². The van der Waals surface area contributed by atoms with E-state index in [-0.39, 0.29) is 0 Å². The molecule has 0 saturated carbocycles. The van der Waals surface area contributed by atoms with Gasteiger partial charge in [0.25, 0.3) is 0 Å². The molecule has 1 aromatic heterocycles. The lowest BCUT2D eigenvalue weighted by Crippen LogP contribution is -2.16. The highest BCUT2D eigenvalue weighted by atomic mass is 16.5. The van der Waals surface area contributed by atoms with E-state index in [0.717, 1.165) is 30.2 Å². The summed E-state index contributed by atoms with van der Waals surface area (Å²) in [5.41, 5.74) is 2.11. The van der Waals surface area contributed by atoms with E-state index in [9.17, 15) is 0 Å². The molecule has 0 aromatic carbocycles. The maximum Gasteiger partial charge on any atom is 0.123 e. The van der Waals surface area contributed by atoms with Crippen molar-refractivity contribution >= 4 is 0 Å². The van der Waals surface area contributed by atoms with Crippen LogP contribution in [0.4, 0.5) is 0 Å². The Morgan fingerprint density at radius 2 is 1.47 bits per heavy atom. The van der Waals surface area contributed by atoms with E-state index in [1.165, 1.54) is 0 Å². The van der Waals surface area contributed by atoms with Gasteiger partial charge in [0, 0.05) is 25.2 Å². The molecular formula is C13H23N3O. The summed E-state index contributed by atoms with van der Waals surface area (Å²) >= 11 is 0. The zero-order valence-electron chi connectivity index (χ0n) is 11.5. The molecule has 1 rings (SSSR count). The first-order chi connectivity index (χ1) is 8.01. The van der Waals surface area contributed by atoms with E-state index in [1.807, 2.05) is 47.2 Å². The number of ether oxygens (including phenoxy) is 1. The Bertz CT molecular complexity index is 322. The van der Waals surface area contributed by atoms with Gasteiger partial charge >= 0.3 is 0 Å². The molecule has 0 fully saturated rings. The van der Waals surface area contributed by atoms with Crippen molar-refractivity contribution in [2.75, 3.05) is 34.8 Å². The van der Waals surface area contributed by atoms with Gasteiger partial charge in [-0.05, 0) is 35.1 Å². The lowest BCUT2D eigenvalue weighted by molar-refractivity contribution is 0.334. The van der Waals surface area contributed by atoms with Crippen LogP contribution in [0, 0.1) is 0 Å². The second kappa shape index (κ2) is 6.57. The number of nitrogens with zero attached hydrogens (tertiary/aromatic N) is 3. The fraction of sp³-hybridized carbons (Fsp3) is 0.615. The third-order valence-corrected chi connectivity index (χ3v) is 2.17. The Labute approximate surface area is 104 Å². The van der Waals surface area contributed by atoms with Crippen molar-refractivity contribution in [2.24, 2.45) is 0 Å². The number of aromatic nitrogens is 1. The number of hydrogen-bond acceptors (Lipinski definition) is 4. The molecule has 0 aliphatic heterocycles. The summed E-state index contributed by atoms with van der Waals surface area (Å²) in [5.74, 6) is 0.913. The van der Waals surface area contributed by atoms with Gasteiger partial charge < -0.3 is 14.5 Å². The van der Waals surface area contributed by atoms with Crippen molar-refractivity contribution in [2.45, 2.75) is 20.0 Å². The molecule has 0 saturated heterocycles. The molecule has 0 spiro atoms. The summed E-state index contributed by atoms with van der Waals surface area (Å²) < 4.78 is 5.57. The minimum Gasteiger partial charge on any atom is -0.494 e. The molecular weight excluding hydrogens is 214 g/mol. The van der Waals surface area contributed by atoms with E-state index in [0.29, 0.717) is 6.61 Å². The molecule has 96 valence electrons. The molecule has 1 heterocycles. The van der Waals surface area contributed by atoms with Crippen molar-refractivity contribution in [3.63, 3.8) is 0 Å². The largest absolute Gasteiger partial charge is 0.494 e. The monoisotopic (exact) mass is 237 g/mol. The van der Waals surface area contributed by atoms with Crippen LogP contribution in [0.15, 0.2) is 12.1 Å². The summed E-state index contributed by atoms with van der Waals surface area (Å²) in [6.45, 7) is 4.35. The molecule has 0 N–H and O–H groups in total. The third kappa shape index (κ3) is 5.15. The molecule has 0 atom stereocenters. The Balaban J connectivity index is 2.91. The van der Waals surface area contributed by atoms with Gasteiger partial charge in [-0.2, -0.15) is 0 Å². The van der Waals surface area contributed by atoms with Crippen LogP contribution < -0.4 is 4.74 Å².